The smallest absolute Gasteiger partial charge is 0.271 e. The fraction of sp³-hybridized carbons (Fsp3) is 0.318. The molecular formula is C22H25N3O2. The molecule has 0 aliphatic heterocycles. The van der Waals surface area contributed by atoms with E-state index < -0.39 is 0 Å². The van der Waals surface area contributed by atoms with E-state index in [4.69, 9.17) is 0 Å². The highest BCUT2D eigenvalue weighted by atomic mass is 16.2. The Morgan fingerprint density at radius 3 is 2.48 bits per heavy atom. The summed E-state index contributed by atoms with van der Waals surface area (Å²) in [6.07, 6.45) is 7.01. The van der Waals surface area contributed by atoms with Crippen LogP contribution in [-0.4, -0.2) is 18.0 Å². The van der Waals surface area contributed by atoms with Crippen molar-refractivity contribution in [2.24, 2.45) is 11.0 Å². The summed E-state index contributed by atoms with van der Waals surface area (Å²) in [7, 11) is 0. The molecule has 0 atom stereocenters. The summed E-state index contributed by atoms with van der Waals surface area (Å²) >= 11 is 0. The lowest BCUT2D eigenvalue weighted by Crippen LogP contribution is -2.24. The second-order valence-electron chi connectivity index (χ2n) is 7.01. The molecule has 2 aromatic carbocycles. The molecule has 3 rings (SSSR count). The van der Waals surface area contributed by atoms with Crippen LogP contribution in [0, 0.1) is 12.8 Å². The van der Waals surface area contributed by atoms with Gasteiger partial charge >= 0.3 is 0 Å². The minimum Gasteiger partial charge on any atom is -0.326 e. The topological polar surface area (TPSA) is 70.6 Å². The first-order valence-corrected chi connectivity index (χ1v) is 9.43. The Morgan fingerprint density at radius 1 is 1.04 bits per heavy atom. The molecule has 1 aliphatic carbocycles. The van der Waals surface area contributed by atoms with Gasteiger partial charge in [0, 0.05) is 17.2 Å². The van der Waals surface area contributed by atoms with Crippen LogP contribution in [0.15, 0.2) is 53.6 Å². The minimum absolute atomic E-state index is 0.0784. The molecule has 1 saturated carbocycles. The zero-order chi connectivity index (χ0) is 19.1. The molecule has 2 N–H and O–H groups in total. The van der Waals surface area contributed by atoms with E-state index in [1.165, 1.54) is 6.42 Å². The second kappa shape index (κ2) is 9.12. The zero-order valence-electron chi connectivity index (χ0n) is 15.6. The predicted molar refractivity (Wildman–Crippen MR) is 108 cm³/mol. The Bertz CT molecular complexity index is 822. The SMILES string of the molecule is Cc1cccc(/C=N/NC(=O)c2ccc(NC(=O)C3CCCCC3)cc2)c1. The minimum atomic E-state index is -0.288. The summed E-state index contributed by atoms with van der Waals surface area (Å²) in [5.41, 5.74) is 5.79. The number of nitrogens with zero attached hydrogens (tertiary/aromatic N) is 1. The number of anilines is 1. The van der Waals surface area contributed by atoms with Gasteiger partial charge in [-0.05, 0) is 49.6 Å². The van der Waals surface area contributed by atoms with Crippen LogP contribution in [0.4, 0.5) is 5.69 Å². The summed E-state index contributed by atoms with van der Waals surface area (Å²) in [5, 5.41) is 6.94. The lowest BCUT2D eigenvalue weighted by molar-refractivity contribution is -0.120. The average molecular weight is 363 g/mol. The Labute approximate surface area is 159 Å². The number of rotatable bonds is 5. The monoisotopic (exact) mass is 363 g/mol. The number of hydrogen-bond donors (Lipinski definition) is 2. The van der Waals surface area contributed by atoms with Crippen molar-refractivity contribution in [3.05, 3.63) is 65.2 Å². The van der Waals surface area contributed by atoms with E-state index in [0.717, 1.165) is 36.8 Å². The lowest BCUT2D eigenvalue weighted by Gasteiger charge is -2.20. The first kappa shape index (κ1) is 18.8. The third kappa shape index (κ3) is 5.51. The van der Waals surface area contributed by atoms with Crippen molar-refractivity contribution in [3.63, 3.8) is 0 Å². The maximum atomic E-state index is 12.3. The van der Waals surface area contributed by atoms with Gasteiger partial charge in [-0.1, -0.05) is 49.1 Å². The van der Waals surface area contributed by atoms with Gasteiger partial charge in [0.25, 0.3) is 5.91 Å². The van der Waals surface area contributed by atoms with Gasteiger partial charge < -0.3 is 5.32 Å². The van der Waals surface area contributed by atoms with Gasteiger partial charge in [-0.3, -0.25) is 9.59 Å². The molecule has 0 aromatic heterocycles. The first-order valence-electron chi connectivity index (χ1n) is 9.43. The number of hydrazone groups is 1. The standard InChI is InChI=1S/C22H25N3O2/c1-16-6-5-7-17(14-16)15-23-25-22(27)19-10-12-20(13-11-19)24-21(26)18-8-3-2-4-9-18/h5-7,10-15,18H,2-4,8-9H2,1H3,(H,24,26)(H,25,27)/b23-15+. The number of carbonyl (C=O) groups excluding carboxylic acids is 2. The Kier molecular flexibility index (Phi) is 6.36. The molecule has 5 nitrogen and oxygen atoms in total. The van der Waals surface area contributed by atoms with Crippen molar-refractivity contribution in [3.8, 4) is 0 Å². The third-order valence-electron chi connectivity index (χ3n) is 4.81. The molecular weight excluding hydrogens is 338 g/mol. The van der Waals surface area contributed by atoms with Crippen molar-refractivity contribution in [2.45, 2.75) is 39.0 Å². The fourth-order valence-electron chi connectivity index (χ4n) is 3.29. The quantitative estimate of drug-likeness (QED) is 0.615. The molecule has 2 amide bonds. The zero-order valence-corrected chi connectivity index (χ0v) is 15.6. The summed E-state index contributed by atoms with van der Waals surface area (Å²) in [6.45, 7) is 2.00. The maximum absolute atomic E-state index is 12.3. The van der Waals surface area contributed by atoms with E-state index in [0.29, 0.717) is 11.3 Å². The van der Waals surface area contributed by atoms with Crippen LogP contribution < -0.4 is 10.7 Å². The van der Waals surface area contributed by atoms with E-state index in [9.17, 15) is 9.59 Å². The van der Waals surface area contributed by atoms with Gasteiger partial charge in [0.15, 0.2) is 0 Å². The number of amides is 2. The van der Waals surface area contributed by atoms with Gasteiger partial charge in [0.1, 0.15) is 0 Å². The van der Waals surface area contributed by atoms with Crippen LogP contribution >= 0.6 is 0 Å². The van der Waals surface area contributed by atoms with Gasteiger partial charge in [-0.25, -0.2) is 5.43 Å². The predicted octanol–water partition coefficient (Wildman–Crippen LogP) is 4.28. The lowest BCUT2D eigenvalue weighted by atomic mass is 9.88. The molecule has 1 aliphatic rings. The van der Waals surface area contributed by atoms with Crippen molar-refractivity contribution < 1.29 is 9.59 Å². The van der Waals surface area contributed by atoms with Crippen LogP contribution in [0.3, 0.4) is 0 Å². The van der Waals surface area contributed by atoms with Crippen molar-refractivity contribution in [1.82, 2.24) is 5.43 Å². The molecule has 0 radical (unpaired) electrons. The summed E-state index contributed by atoms with van der Waals surface area (Å²) in [6, 6.07) is 14.7. The van der Waals surface area contributed by atoms with Crippen molar-refractivity contribution in [1.29, 1.82) is 0 Å². The Balaban J connectivity index is 1.53. The average Bonchev–Trinajstić information content (AvgIpc) is 2.69. The summed E-state index contributed by atoms with van der Waals surface area (Å²) in [4.78, 5) is 24.4. The number of hydrogen-bond acceptors (Lipinski definition) is 3. The largest absolute Gasteiger partial charge is 0.326 e. The van der Waals surface area contributed by atoms with Crippen molar-refractivity contribution >= 4 is 23.7 Å². The molecule has 140 valence electrons. The third-order valence-corrected chi connectivity index (χ3v) is 4.81. The fourth-order valence-corrected chi connectivity index (χ4v) is 3.29. The van der Waals surface area contributed by atoms with E-state index in [1.807, 2.05) is 31.2 Å². The maximum Gasteiger partial charge on any atom is 0.271 e. The summed E-state index contributed by atoms with van der Waals surface area (Å²) < 4.78 is 0. The molecule has 27 heavy (non-hydrogen) atoms. The Morgan fingerprint density at radius 2 is 1.78 bits per heavy atom. The van der Waals surface area contributed by atoms with E-state index in [1.54, 1.807) is 30.5 Å². The van der Waals surface area contributed by atoms with E-state index >= 15 is 0 Å². The van der Waals surface area contributed by atoms with E-state index in [2.05, 4.69) is 15.8 Å². The molecule has 0 spiro atoms. The van der Waals surface area contributed by atoms with Gasteiger partial charge in [-0.15, -0.1) is 0 Å². The van der Waals surface area contributed by atoms with Gasteiger partial charge in [0.05, 0.1) is 6.21 Å². The van der Waals surface area contributed by atoms with Crippen molar-refractivity contribution in [2.75, 3.05) is 5.32 Å². The van der Waals surface area contributed by atoms with Crippen LogP contribution in [0.5, 0.6) is 0 Å². The molecule has 0 unspecified atom stereocenters. The van der Waals surface area contributed by atoms with Crippen LogP contribution in [0.25, 0.3) is 0 Å². The summed E-state index contributed by atoms with van der Waals surface area (Å²) in [5.74, 6) is -0.101. The highest BCUT2D eigenvalue weighted by Gasteiger charge is 2.21. The number of nitrogens with one attached hydrogen (secondary N) is 2. The second-order valence-corrected chi connectivity index (χ2v) is 7.01. The molecule has 0 bridgehead atoms. The number of carbonyl (C=O) groups is 2. The van der Waals surface area contributed by atoms with Crippen LogP contribution in [0.1, 0.15) is 53.6 Å². The molecule has 1 fully saturated rings. The number of benzene rings is 2. The normalized spacial score (nSPS) is 14.9. The highest BCUT2D eigenvalue weighted by Crippen LogP contribution is 2.25. The molecule has 5 heteroatoms. The Hall–Kier alpha value is -2.95. The highest BCUT2D eigenvalue weighted by molar-refractivity contribution is 5.96. The van der Waals surface area contributed by atoms with Gasteiger partial charge in [0.2, 0.25) is 5.91 Å². The molecule has 0 heterocycles. The molecule has 0 saturated heterocycles. The number of aryl methyl sites for hydroxylation is 1. The first-order chi connectivity index (χ1) is 13.1. The van der Waals surface area contributed by atoms with Gasteiger partial charge in [-0.2, -0.15) is 5.10 Å². The van der Waals surface area contributed by atoms with Crippen LogP contribution in [-0.2, 0) is 4.79 Å². The van der Waals surface area contributed by atoms with E-state index in [-0.39, 0.29) is 17.7 Å². The molecule has 2 aromatic rings. The van der Waals surface area contributed by atoms with Crippen LogP contribution in [0.2, 0.25) is 0 Å².